The summed E-state index contributed by atoms with van der Waals surface area (Å²) in [5, 5.41) is 0. The van der Waals surface area contributed by atoms with E-state index in [4.69, 9.17) is 0 Å². The summed E-state index contributed by atoms with van der Waals surface area (Å²) in [6.07, 6.45) is 3.70. The first kappa shape index (κ1) is 15.6. The molecular weight excluding hydrogens is 258 g/mol. The van der Waals surface area contributed by atoms with Gasteiger partial charge in [0.15, 0.2) is 0 Å². The molecule has 0 spiro atoms. The lowest BCUT2D eigenvalue weighted by atomic mass is 9.73. The Kier molecular flexibility index (Phi) is 4.36. The second kappa shape index (κ2) is 5.88. The molecule has 2 aromatic rings. The third-order valence-corrected chi connectivity index (χ3v) is 4.48. The number of benzene rings is 1. The van der Waals surface area contributed by atoms with Crippen LogP contribution in [0.15, 0.2) is 53.5 Å². The first-order valence-corrected chi connectivity index (χ1v) is 7.57. The third-order valence-electron chi connectivity index (χ3n) is 4.48. The summed E-state index contributed by atoms with van der Waals surface area (Å²) in [5.74, 6) is 0. The summed E-state index contributed by atoms with van der Waals surface area (Å²) in [4.78, 5) is 14.8. The third kappa shape index (κ3) is 3.63. The first-order valence-electron chi connectivity index (χ1n) is 7.57. The molecule has 0 amide bonds. The quantitative estimate of drug-likeness (QED) is 0.866. The van der Waals surface area contributed by atoms with Gasteiger partial charge < -0.3 is 4.98 Å². The molecule has 0 saturated carbocycles. The van der Waals surface area contributed by atoms with Gasteiger partial charge in [-0.3, -0.25) is 4.79 Å². The van der Waals surface area contributed by atoms with Crippen LogP contribution in [0.3, 0.4) is 0 Å². The van der Waals surface area contributed by atoms with Crippen LogP contribution in [0.2, 0.25) is 0 Å². The van der Waals surface area contributed by atoms with Crippen molar-refractivity contribution in [2.24, 2.45) is 0 Å². The Hall–Kier alpha value is -1.83. The highest BCUT2D eigenvalue weighted by Gasteiger charge is 2.28. The highest BCUT2D eigenvalue weighted by atomic mass is 16.1. The minimum Gasteiger partial charge on any atom is -0.329 e. The Morgan fingerprint density at radius 3 is 2.10 bits per heavy atom. The highest BCUT2D eigenvalue weighted by Crippen LogP contribution is 2.34. The number of hydrogen-bond acceptors (Lipinski definition) is 1. The molecule has 2 nitrogen and oxygen atoms in total. The van der Waals surface area contributed by atoms with Gasteiger partial charge >= 0.3 is 0 Å². The smallest absolute Gasteiger partial charge is 0.251 e. The molecule has 2 rings (SSSR count). The molecule has 0 saturated heterocycles. The lowest BCUT2D eigenvalue weighted by molar-refractivity contribution is 0.373. The summed E-state index contributed by atoms with van der Waals surface area (Å²) in [7, 11) is 0. The van der Waals surface area contributed by atoms with Crippen LogP contribution in [0.25, 0.3) is 0 Å². The number of nitrogens with one attached hydrogen (secondary N) is 1. The van der Waals surface area contributed by atoms with E-state index in [2.05, 4.69) is 56.9 Å². The highest BCUT2D eigenvalue weighted by molar-refractivity contribution is 5.25. The van der Waals surface area contributed by atoms with Crippen LogP contribution in [0.5, 0.6) is 0 Å². The Bertz CT molecular complexity index is 638. The maximum atomic E-state index is 12.0. The van der Waals surface area contributed by atoms with Gasteiger partial charge in [-0.15, -0.1) is 0 Å². The normalized spacial score (nSPS) is 12.4. The van der Waals surface area contributed by atoms with Crippen molar-refractivity contribution in [1.29, 1.82) is 0 Å². The number of hydrogen-bond donors (Lipinski definition) is 1. The second-order valence-electron chi connectivity index (χ2n) is 7.05. The molecule has 1 aromatic carbocycles. The fourth-order valence-corrected chi connectivity index (χ4v) is 2.75. The molecule has 0 aliphatic carbocycles. The van der Waals surface area contributed by atoms with Gasteiger partial charge in [0, 0.05) is 11.8 Å². The molecule has 0 unspecified atom stereocenters. The topological polar surface area (TPSA) is 32.9 Å². The molecule has 0 radical (unpaired) electrons. The van der Waals surface area contributed by atoms with E-state index in [1.807, 2.05) is 18.2 Å². The van der Waals surface area contributed by atoms with Crippen LogP contribution in [0, 0.1) is 0 Å². The number of pyridine rings is 1. The monoisotopic (exact) mass is 283 g/mol. The molecular formula is C19H25NO. The van der Waals surface area contributed by atoms with Crippen molar-refractivity contribution >= 4 is 0 Å². The molecule has 0 aliphatic heterocycles. The largest absolute Gasteiger partial charge is 0.329 e. The molecule has 1 heterocycles. The van der Waals surface area contributed by atoms with E-state index in [-0.39, 0.29) is 16.4 Å². The molecule has 1 aromatic heterocycles. The average Bonchev–Trinajstić information content (AvgIpc) is 2.47. The Labute approximate surface area is 127 Å². The Balaban J connectivity index is 2.15. The molecule has 0 bridgehead atoms. The summed E-state index contributed by atoms with van der Waals surface area (Å²) in [5.41, 5.74) is 2.23. The van der Waals surface area contributed by atoms with Crippen LogP contribution in [0.1, 0.15) is 51.7 Å². The summed E-state index contributed by atoms with van der Waals surface area (Å²) < 4.78 is 0. The van der Waals surface area contributed by atoms with E-state index in [1.54, 1.807) is 6.20 Å². The molecule has 2 heteroatoms. The SMILES string of the molecule is CC(C)(CCC(C)(C)c1ccc[nH]c1=O)c1ccccc1. The van der Waals surface area contributed by atoms with Crippen LogP contribution in [-0.2, 0) is 10.8 Å². The zero-order valence-corrected chi connectivity index (χ0v) is 13.4. The minimum atomic E-state index is -0.124. The first-order chi connectivity index (χ1) is 9.83. The zero-order chi connectivity index (χ0) is 15.5. The number of rotatable bonds is 5. The molecule has 1 N–H and O–H groups in total. The van der Waals surface area contributed by atoms with Crippen molar-refractivity contribution in [3.05, 3.63) is 70.1 Å². The molecule has 0 aliphatic rings. The molecule has 0 atom stereocenters. The van der Waals surface area contributed by atoms with E-state index in [9.17, 15) is 4.79 Å². The van der Waals surface area contributed by atoms with Crippen molar-refractivity contribution in [3.63, 3.8) is 0 Å². The van der Waals surface area contributed by atoms with Crippen LogP contribution < -0.4 is 5.56 Å². The van der Waals surface area contributed by atoms with Crippen molar-refractivity contribution in [1.82, 2.24) is 4.98 Å². The lowest BCUT2D eigenvalue weighted by Gasteiger charge is -2.31. The Morgan fingerprint density at radius 2 is 1.48 bits per heavy atom. The van der Waals surface area contributed by atoms with Crippen molar-refractivity contribution in [3.8, 4) is 0 Å². The van der Waals surface area contributed by atoms with Crippen LogP contribution >= 0.6 is 0 Å². The van der Waals surface area contributed by atoms with Gasteiger partial charge in [0.05, 0.1) is 0 Å². The average molecular weight is 283 g/mol. The van der Waals surface area contributed by atoms with E-state index < -0.39 is 0 Å². The van der Waals surface area contributed by atoms with Gasteiger partial charge in [0.25, 0.3) is 5.56 Å². The van der Waals surface area contributed by atoms with Gasteiger partial charge in [-0.05, 0) is 35.3 Å². The second-order valence-corrected chi connectivity index (χ2v) is 7.05. The molecule has 112 valence electrons. The van der Waals surface area contributed by atoms with E-state index in [0.29, 0.717) is 0 Å². The van der Waals surface area contributed by atoms with Gasteiger partial charge in [-0.1, -0.05) is 64.1 Å². The van der Waals surface area contributed by atoms with Crippen molar-refractivity contribution in [2.75, 3.05) is 0 Å². The lowest BCUT2D eigenvalue weighted by Crippen LogP contribution is -2.29. The van der Waals surface area contributed by atoms with Crippen molar-refractivity contribution in [2.45, 2.75) is 51.4 Å². The van der Waals surface area contributed by atoms with Crippen molar-refractivity contribution < 1.29 is 0 Å². The fourth-order valence-electron chi connectivity index (χ4n) is 2.75. The number of H-pyrrole nitrogens is 1. The van der Waals surface area contributed by atoms with Crippen LogP contribution in [0.4, 0.5) is 0 Å². The number of aromatic nitrogens is 1. The predicted octanol–water partition coefficient (Wildman–Crippen LogP) is 4.41. The minimum absolute atomic E-state index is 0.0278. The summed E-state index contributed by atoms with van der Waals surface area (Å²) in [6, 6.07) is 14.4. The maximum Gasteiger partial charge on any atom is 0.251 e. The van der Waals surface area contributed by atoms with Gasteiger partial charge in [-0.25, -0.2) is 0 Å². The van der Waals surface area contributed by atoms with Crippen LogP contribution in [-0.4, -0.2) is 4.98 Å². The van der Waals surface area contributed by atoms with Gasteiger partial charge in [0.2, 0.25) is 0 Å². The standard InChI is InChI=1S/C19H25NO/c1-18(2,15-9-6-5-7-10-15)12-13-19(3,4)16-11-8-14-20-17(16)21/h5-11,14H,12-13H2,1-4H3,(H,20,21). The summed E-state index contributed by atoms with van der Waals surface area (Å²) >= 11 is 0. The van der Waals surface area contributed by atoms with E-state index in [1.165, 1.54) is 5.56 Å². The fraction of sp³-hybridized carbons (Fsp3) is 0.421. The predicted molar refractivity (Wildman–Crippen MR) is 88.8 cm³/mol. The summed E-state index contributed by atoms with van der Waals surface area (Å²) in [6.45, 7) is 8.85. The number of aromatic amines is 1. The van der Waals surface area contributed by atoms with Gasteiger partial charge in [0.1, 0.15) is 0 Å². The molecule has 21 heavy (non-hydrogen) atoms. The van der Waals surface area contributed by atoms with Gasteiger partial charge in [-0.2, -0.15) is 0 Å². The molecule has 0 fully saturated rings. The van der Waals surface area contributed by atoms with E-state index in [0.717, 1.165) is 18.4 Å². The zero-order valence-electron chi connectivity index (χ0n) is 13.4. The maximum absolute atomic E-state index is 12.0. The van der Waals surface area contributed by atoms with E-state index >= 15 is 0 Å². The Morgan fingerprint density at radius 1 is 0.857 bits per heavy atom.